The molecule has 1 fully saturated rings. The molecular formula is C17H23NO3. The van der Waals surface area contributed by atoms with Crippen molar-refractivity contribution < 1.29 is 14.7 Å². The standard InChI is InChI=1S/C17H23NO3/c1-11(2)9-14(15(19)20)18-16(21)17(7-8-17)13-6-4-5-12(3)10-13/h4-6,10-11,14H,7-9H2,1-3H3,(H,18,21)(H,19,20)/t14-/m1/s1. The third-order valence-electron chi connectivity index (χ3n) is 4.07. The van der Waals surface area contributed by atoms with Gasteiger partial charge in [0.1, 0.15) is 6.04 Å². The molecule has 1 saturated carbocycles. The SMILES string of the molecule is Cc1cccc(C2(C(=O)N[C@H](CC(C)C)C(=O)O)CC2)c1. The van der Waals surface area contributed by atoms with Crippen LogP contribution in [0.25, 0.3) is 0 Å². The quantitative estimate of drug-likeness (QED) is 0.846. The van der Waals surface area contributed by atoms with Crippen molar-refractivity contribution >= 4 is 11.9 Å². The van der Waals surface area contributed by atoms with Gasteiger partial charge in [0.25, 0.3) is 0 Å². The molecule has 4 nitrogen and oxygen atoms in total. The number of nitrogens with one attached hydrogen (secondary N) is 1. The van der Waals surface area contributed by atoms with Crippen molar-refractivity contribution in [3.8, 4) is 0 Å². The zero-order chi connectivity index (χ0) is 15.6. The lowest BCUT2D eigenvalue weighted by Gasteiger charge is -2.21. The van der Waals surface area contributed by atoms with Crippen molar-refractivity contribution in [1.82, 2.24) is 5.32 Å². The molecule has 0 bridgehead atoms. The third-order valence-corrected chi connectivity index (χ3v) is 4.07. The highest BCUT2D eigenvalue weighted by atomic mass is 16.4. The first-order valence-electron chi connectivity index (χ1n) is 7.46. The second-order valence-corrected chi connectivity index (χ2v) is 6.45. The van der Waals surface area contributed by atoms with Crippen molar-refractivity contribution in [3.63, 3.8) is 0 Å². The number of carbonyl (C=O) groups excluding carboxylic acids is 1. The van der Waals surface area contributed by atoms with Crippen LogP contribution in [0.15, 0.2) is 24.3 Å². The fourth-order valence-corrected chi connectivity index (χ4v) is 2.70. The molecule has 1 aliphatic carbocycles. The van der Waals surface area contributed by atoms with E-state index in [9.17, 15) is 14.7 Å². The van der Waals surface area contributed by atoms with E-state index in [1.54, 1.807) is 0 Å². The van der Waals surface area contributed by atoms with Gasteiger partial charge in [0.05, 0.1) is 5.41 Å². The first-order valence-corrected chi connectivity index (χ1v) is 7.46. The Bertz CT molecular complexity index is 547. The maximum absolute atomic E-state index is 12.6. The summed E-state index contributed by atoms with van der Waals surface area (Å²) in [6.45, 7) is 5.90. The van der Waals surface area contributed by atoms with Gasteiger partial charge in [-0.15, -0.1) is 0 Å². The number of amides is 1. The first-order chi connectivity index (χ1) is 9.85. The van der Waals surface area contributed by atoms with E-state index in [2.05, 4.69) is 5.32 Å². The molecule has 0 aliphatic heterocycles. The van der Waals surface area contributed by atoms with E-state index in [0.717, 1.165) is 24.0 Å². The summed E-state index contributed by atoms with van der Waals surface area (Å²) in [4.78, 5) is 23.9. The highest BCUT2D eigenvalue weighted by molar-refractivity contribution is 5.94. The van der Waals surface area contributed by atoms with Gasteiger partial charge in [-0.3, -0.25) is 4.79 Å². The molecule has 0 saturated heterocycles. The Morgan fingerprint density at radius 2 is 2.00 bits per heavy atom. The molecule has 0 heterocycles. The van der Waals surface area contributed by atoms with Gasteiger partial charge in [-0.1, -0.05) is 43.7 Å². The number of carbonyl (C=O) groups is 2. The van der Waals surface area contributed by atoms with Crippen LogP contribution in [0.3, 0.4) is 0 Å². The molecule has 21 heavy (non-hydrogen) atoms. The van der Waals surface area contributed by atoms with E-state index in [1.165, 1.54) is 0 Å². The second-order valence-electron chi connectivity index (χ2n) is 6.45. The fourth-order valence-electron chi connectivity index (χ4n) is 2.70. The van der Waals surface area contributed by atoms with Crippen LogP contribution in [0.5, 0.6) is 0 Å². The van der Waals surface area contributed by atoms with Gasteiger partial charge in [0.2, 0.25) is 5.91 Å². The molecule has 0 unspecified atom stereocenters. The average Bonchev–Trinajstić information content (AvgIpc) is 3.18. The van der Waals surface area contributed by atoms with Gasteiger partial charge in [0, 0.05) is 0 Å². The fraction of sp³-hybridized carbons (Fsp3) is 0.529. The molecule has 2 N–H and O–H groups in total. The van der Waals surface area contributed by atoms with E-state index < -0.39 is 17.4 Å². The van der Waals surface area contributed by atoms with Crippen molar-refractivity contribution in [3.05, 3.63) is 35.4 Å². The molecule has 2 rings (SSSR count). The van der Waals surface area contributed by atoms with Crippen molar-refractivity contribution in [2.24, 2.45) is 5.92 Å². The summed E-state index contributed by atoms with van der Waals surface area (Å²) in [5.74, 6) is -0.890. The molecule has 114 valence electrons. The lowest BCUT2D eigenvalue weighted by molar-refractivity contribution is -0.142. The number of carboxylic acid groups (broad SMARTS) is 1. The van der Waals surface area contributed by atoms with Gasteiger partial charge < -0.3 is 10.4 Å². The van der Waals surface area contributed by atoms with Crippen LogP contribution < -0.4 is 5.32 Å². The zero-order valence-corrected chi connectivity index (χ0v) is 12.8. The number of hydrogen-bond acceptors (Lipinski definition) is 2. The number of hydrogen-bond donors (Lipinski definition) is 2. The Balaban J connectivity index is 2.14. The average molecular weight is 289 g/mol. The Morgan fingerprint density at radius 3 is 2.48 bits per heavy atom. The van der Waals surface area contributed by atoms with Crippen molar-refractivity contribution in [1.29, 1.82) is 0 Å². The minimum absolute atomic E-state index is 0.152. The number of carboxylic acids is 1. The summed E-state index contributed by atoms with van der Waals surface area (Å²) in [7, 11) is 0. The van der Waals surface area contributed by atoms with Crippen LogP contribution in [-0.2, 0) is 15.0 Å². The molecule has 0 radical (unpaired) electrons. The van der Waals surface area contributed by atoms with Crippen LogP contribution >= 0.6 is 0 Å². The van der Waals surface area contributed by atoms with E-state index in [-0.39, 0.29) is 11.8 Å². The van der Waals surface area contributed by atoms with Crippen LogP contribution in [0, 0.1) is 12.8 Å². The summed E-state index contributed by atoms with van der Waals surface area (Å²) in [5, 5.41) is 12.0. The highest BCUT2D eigenvalue weighted by Crippen LogP contribution is 2.48. The molecule has 0 spiro atoms. The number of benzene rings is 1. The minimum Gasteiger partial charge on any atom is -0.480 e. The first kappa shape index (κ1) is 15.5. The zero-order valence-electron chi connectivity index (χ0n) is 12.8. The summed E-state index contributed by atoms with van der Waals surface area (Å²) in [6.07, 6.45) is 2.03. The maximum atomic E-state index is 12.6. The molecule has 1 aromatic carbocycles. The van der Waals surface area contributed by atoms with Crippen LogP contribution in [-0.4, -0.2) is 23.0 Å². The van der Waals surface area contributed by atoms with Gasteiger partial charge in [-0.05, 0) is 37.7 Å². The van der Waals surface area contributed by atoms with Crippen LogP contribution in [0.4, 0.5) is 0 Å². The van der Waals surface area contributed by atoms with Crippen molar-refractivity contribution in [2.45, 2.75) is 51.5 Å². The van der Waals surface area contributed by atoms with Gasteiger partial charge >= 0.3 is 5.97 Å². The van der Waals surface area contributed by atoms with E-state index in [0.29, 0.717) is 6.42 Å². The number of aliphatic carboxylic acids is 1. The largest absolute Gasteiger partial charge is 0.480 e. The summed E-state index contributed by atoms with van der Waals surface area (Å²) < 4.78 is 0. The predicted molar refractivity (Wildman–Crippen MR) is 81.1 cm³/mol. The highest BCUT2D eigenvalue weighted by Gasteiger charge is 2.51. The Hall–Kier alpha value is -1.84. The van der Waals surface area contributed by atoms with Gasteiger partial charge in [-0.2, -0.15) is 0 Å². The Kier molecular flexibility index (Phi) is 4.35. The minimum atomic E-state index is -0.961. The second kappa shape index (κ2) is 5.88. The molecule has 1 aliphatic rings. The smallest absolute Gasteiger partial charge is 0.326 e. The van der Waals surface area contributed by atoms with E-state index in [4.69, 9.17) is 0 Å². The lowest BCUT2D eigenvalue weighted by Crippen LogP contribution is -2.46. The van der Waals surface area contributed by atoms with Crippen LogP contribution in [0.2, 0.25) is 0 Å². The summed E-state index contributed by atoms with van der Waals surface area (Å²) in [5.41, 5.74) is 1.59. The topological polar surface area (TPSA) is 66.4 Å². The molecule has 1 amide bonds. The van der Waals surface area contributed by atoms with E-state index in [1.807, 2.05) is 45.0 Å². The van der Waals surface area contributed by atoms with Crippen LogP contribution in [0.1, 0.15) is 44.2 Å². The molecule has 0 aromatic heterocycles. The van der Waals surface area contributed by atoms with Crippen molar-refractivity contribution in [2.75, 3.05) is 0 Å². The lowest BCUT2D eigenvalue weighted by atomic mass is 9.92. The molecular weight excluding hydrogens is 266 g/mol. The van der Waals surface area contributed by atoms with Gasteiger partial charge in [-0.25, -0.2) is 4.79 Å². The maximum Gasteiger partial charge on any atom is 0.326 e. The Labute approximate surface area is 125 Å². The summed E-state index contributed by atoms with van der Waals surface area (Å²) in [6, 6.07) is 7.11. The molecule has 1 atom stereocenters. The molecule has 1 aromatic rings. The monoisotopic (exact) mass is 289 g/mol. The Morgan fingerprint density at radius 1 is 1.33 bits per heavy atom. The number of rotatable bonds is 6. The number of aryl methyl sites for hydroxylation is 1. The summed E-state index contributed by atoms with van der Waals surface area (Å²) >= 11 is 0. The predicted octanol–water partition coefficient (Wildman–Crippen LogP) is 2.64. The third kappa shape index (κ3) is 3.43. The molecule has 4 heteroatoms. The van der Waals surface area contributed by atoms with E-state index >= 15 is 0 Å². The normalized spacial score (nSPS) is 17.3. The van der Waals surface area contributed by atoms with Gasteiger partial charge in [0.15, 0.2) is 0 Å².